The van der Waals surface area contributed by atoms with Gasteiger partial charge in [-0.15, -0.1) is 0 Å². The smallest absolute Gasteiger partial charge is 0.274 e. The lowest BCUT2D eigenvalue weighted by molar-refractivity contribution is -0.128. The number of aryl methyl sites for hydroxylation is 1. The number of hydrogen-bond donors (Lipinski definition) is 1. The van der Waals surface area contributed by atoms with Gasteiger partial charge in [-0.05, 0) is 30.0 Å². The molecule has 0 unspecified atom stereocenters. The summed E-state index contributed by atoms with van der Waals surface area (Å²) in [6, 6.07) is 15.0. The van der Waals surface area contributed by atoms with Gasteiger partial charge in [-0.3, -0.25) is 14.4 Å². The van der Waals surface area contributed by atoms with Crippen LogP contribution in [-0.4, -0.2) is 33.0 Å². The number of carbonyl (C=O) groups excluding carboxylic acids is 2. The monoisotopic (exact) mass is 446 g/mol. The Morgan fingerprint density at radius 3 is 2.45 bits per heavy atom. The number of fused-ring (bicyclic) bond motifs is 1. The third-order valence-electron chi connectivity index (χ3n) is 6.15. The van der Waals surface area contributed by atoms with E-state index in [4.69, 9.17) is 0 Å². The van der Waals surface area contributed by atoms with Crippen LogP contribution in [0.2, 0.25) is 0 Å². The maximum atomic E-state index is 13.2. The van der Waals surface area contributed by atoms with Gasteiger partial charge >= 0.3 is 0 Å². The first-order chi connectivity index (χ1) is 16.1. The van der Waals surface area contributed by atoms with Gasteiger partial charge in [0.2, 0.25) is 5.91 Å². The summed E-state index contributed by atoms with van der Waals surface area (Å²) >= 11 is 0. The molecule has 2 amide bonds. The lowest BCUT2D eigenvalue weighted by Crippen LogP contribution is -2.31. The van der Waals surface area contributed by atoms with Crippen molar-refractivity contribution < 1.29 is 9.59 Å². The van der Waals surface area contributed by atoms with Crippen molar-refractivity contribution in [2.24, 2.45) is 0 Å². The fraction of sp³-hybridized carbons (Fsp3) is 0.385. The molecule has 7 nitrogen and oxygen atoms in total. The van der Waals surface area contributed by atoms with Gasteiger partial charge in [0.05, 0.1) is 5.39 Å². The average molecular weight is 447 g/mol. The number of likely N-dealkylation sites (tertiary alicyclic amines) is 1. The number of rotatable bonds is 9. The van der Waals surface area contributed by atoms with Crippen LogP contribution in [0.4, 0.5) is 0 Å². The third kappa shape index (κ3) is 5.13. The largest absolute Gasteiger partial charge is 0.347 e. The molecule has 0 saturated carbocycles. The molecule has 0 radical (unpaired) electrons. The minimum atomic E-state index is -0.317. The third-order valence-corrected chi connectivity index (χ3v) is 6.15. The highest BCUT2D eigenvalue weighted by molar-refractivity contribution is 6.04. The van der Waals surface area contributed by atoms with E-state index in [1.54, 1.807) is 18.2 Å². The van der Waals surface area contributed by atoms with Gasteiger partial charge in [0.1, 0.15) is 0 Å². The van der Waals surface area contributed by atoms with E-state index in [0.29, 0.717) is 36.8 Å². The molecule has 2 aromatic carbocycles. The zero-order chi connectivity index (χ0) is 23.2. The zero-order valence-electron chi connectivity index (χ0n) is 19.0. The Hall–Kier alpha value is -3.48. The first-order valence-electron chi connectivity index (χ1n) is 11.7. The Morgan fingerprint density at radius 1 is 1.00 bits per heavy atom. The number of nitrogens with zero attached hydrogens (tertiary/aromatic N) is 3. The van der Waals surface area contributed by atoms with Crippen LogP contribution < -0.4 is 10.9 Å². The maximum Gasteiger partial charge on any atom is 0.274 e. The lowest BCUT2D eigenvalue weighted by Gasteiger charge is -2.18. The number of aromatic nitrogens is 2. The highest BCUT2D eigenvalue weighted by Gasteiger charge is 2.21. The lowest BCUT2D eigenvalue weighted by atomic mass is 10.1. The molecule has 172 valence electrons. The van der Waals surface area contributed by atoms with E-state index in [-0.39, 0.29) is 23.1 Å². The summed E-state index contributed by atoms with van der Waals surface area (Å²) in [7, 11) is 0. The second-order valence-electron chi connectivity index (χ2n) is 8.50. The number of nitrogens with one attached hydrogen (secondary N) is 1. The zero-order valence-corrected chi connectivity index (χ0v) is 19.0. The van der Waals surface area contributed by atoms with Gasteiger partial charge in [0.25, 0.3) is 11.5 Å². The fourth-order valence-corrected chi connectivity index (χ4v) is 4.29. The Morgan fingerprint density at radius 2 is 1.73 bits per heavy atom. The molecule has 3 aromatic rings. The van der Waals surface area contributed by atoms with Gasteiger partial charge in [-0.2, -0.15) is 5.10 Å². The van der Waals surface area contributed by atoms with Crippen LogP contribution in [-0.2, 0) is 24.4 Å². The van der Waals surface area contributed by atoms with Gasteiger partial charge < -0.3 is 10.2 Å². The molecule has 1 fully saturated rings. The van der Waals surface area contributed by atoms with E-state index in [0.717, 1.165) is 43.4 Å². The van der Waals surface area contributed by atoms with Gasteiger partial charge in [-0.1, -0.05) is 62.2 Å². The van der Waals surface area contributed by atoms with Crippen LogP contribution in [0.15, 0.2) is 53.3 Å². The van der Waals surface area contributed by atoms with Crippen molar-refractivity contribution in [2.45, 2.75) is 58.7 Å². The second-order valence-corrected chi connectivity index (χ2v) is 8.50. The van der Waals surface area contributed by atoms with Crippen LogP contribution in [0, 0.1) is 0 Å². The Bertz CT molecular complexity index is 1220. The number of hydrogen-bond acceptors (Lipinski definition) is 4. The first kappa shape index (κ1) is 22.7. The van der Waals surface area contributed by atoms with E-state index in [1.807, 2.05) is 35.2 Å². The number of amides is 2. The summed E-state index contributed by atoms with van der Waals surface area (Å²) in [5.41, 5.74) is 2.08. The molecule has 0 aliphatic carbocycles. The molecule has 1 N–H and O–H groups in total. The summed E-state index contributed by atoms with van der Waals surface area (Å²) in [6.45, 7) is 4.24. The molecule has 1 aromatic heterocycles. The molecule has 1 aliphatic rings. The highest BCUT2D eigenvalue weighted by Crippen LogP contribution is 2.18. The molecule has 1 aliphatic heterocycles. The van der Waals surface area contributed by atoms with Crippen LogP contribution in [0.1, 0.15) is 60.6 Å². The standard InChI is InChI=1S/C26H30N4O3/c1-2-3-8-16-30-26(33)22-13-7-6-12-21(22)24(28-30)25(32)27-17-19-10-4-5-11-20(19)18-29-15-9-14-23(29)31/h4-7,10-13H,2-3,8-9,14-18H2,1H3,(H,27,32). The van der Waals surface area contributed by atoms with Crippen molar-refractivity contribution >= 4 is 22.6 Å². The van der Waals surface area contributed by atoms with Crippen molar-refractivity contribution in [3.05, 3.63) is 75.7 Å². The molecule has 33 heavy (non-hydrogen) atoms. The molecular formula is C26H30N4O3. The average Bonchev–Trinajstić information content (AvgIpc) is 3.24. The van der Waals surface area contributed by atoms with Crippen LogP contribution in [0.3, 0.4) is 0 Å². The molecule has 2 heterocycles. The Labute approximate surface area is 193 Å². The van der Waals surface area contributed by atoms with E-state index in [1.165, 1.54) is 4.68 Å². The molecule has 7 heteroatoms. The molecular weight excluding hydrogens is 416 g/mol. The Kier molecular flexibility index (Phi) is 7.17. The summed E-state index contributed by atoms with van der Waals surface area (Å²) in [5.74, 6) is -0.141. The quantitative estimate of drug-likeness (QED) is 0.509. The first-order valence-corrected chi connectivity index (χ1v) is 11.7. The molecule has 0 spiro atoms. The van der Waals surface area contributed by atoms with Crippen LogP contribution in [0.5, 0.6) is 0 Å². The van der Waals surface area contributed by atoms with Crippen molar-refractivity contribution in [1.82, 2.24) is 20.0 Å². The normalized spacial score (nSPS) is 13.6. The van der Waals surface area contributed by atoms with Crippen molar-refractivity contribution in [2.75, 3.05) is 6.54 Å². The predicted molar refractivity (Wildman–Crippen MR) is 128 cm³/mol. The number of benzene rings is 2. The van der Waals surface area contributed by atoms with Crippen LogP contribution >= 0.6 is 0 Å². The number of carbonyl (C=O) groups is 2. The second kappa shape index (κ2) is 10.4. The minimum absolute atomic E-state index is 0.168. The molecule has 1 saturated heterocycles. The van der Waals surface area contributed by atoms with Gasteiger partial charge in [0.15, 0.2) is 5.69 Å². The maximum absolute atomic E-state index is 13.2. The minimum Gasteiger partial charge on any atom is -0.347 e. The van der Waals surface area contributed by atoms with E-state index in [2.05, 4.69) is 17.3 Å². The summed E-state index contributed by atoms with van der Waals surface area (Å²) in [4.78, 5) is 39.9. The van der Waals surface area contributed by atoms with E-state index >= 15 is 0 Å². The predicted octanol–water partition coefficient (Wildman–Crippen LogP) is 3.64. The fourth-order valence-electron chi connectivity index (χ4n) is 4.29. The highest BCUT2D eigenvalue weighted by atomic mass is 16.2. The number of unbranched alkanes of at least 4 members (excludes halogenated alkanes) is 2. The summed E-state index contributed by atoms with van der Waals surface area (Å²) < 4.78 is 1.42. The molecule has 4 rings (SSSR count). The van der Waals surface area contributed by atoms with Crippen molar-refractivity contribution in [3.63, 3.8) is 0 Å². The summed E-state index contributed by atoms with van der Waals surface area (Å²) in [6.07, 6.45) is 4.37. The van der Waals surface area contributed by atoms with Crippen molar-refractivity contribution in [3.8, 4) is 0 Å². The van der Waals surface area contributed by atoms with Gasteiger partial charge in [0, 0.05) is 38.0 Å². The SMILES string of the molecule is CCCCCn1nc(C(=O)NCc2ccccc2CN2CCCC2=O)c2ccccc2c1=O. The van der Waals surface area contributed by atoms with E-state index in [9.17, 15) is 14.4 Å². The topological polar surface area (TPSA) is 84.3 Å². The van der Waals surface area contributed by atoms with E-state index < -0.39 is 0 Å². The summed E-state index contributed by atoms with van der Waals surface area (Å²) in [5, 5.41) is 8.48. The van der Waals surface area contributed by atoms with Crippen molar-refractivity contribution in [1.29, 1.82) is 0 Å². The van der Waals surface area contributed by atoms with Gasteiger partial charge in [-0.25, -0.2) is 4.68 Å². The molecule has 0 bridgehead atoms. The van der Waals surface area contributed by atoms with Crippen LogP contribution in [0.25, 0.3) is 10.8 Å². The Balaban J connectivity index is 1.56. The molecule has 0 atom stereocenters.